The number of hydrogen-bond donors (Lipinski definition) is 0. The maximum atomic E-state index is 10.2. The Hall–Kier alpha value is -1.75. The summed E-state index contributed by atoms with van der Waals surface area (Å²) in [6, 6.07) is 0. The summed E-state index contributed by atoms with van der Waals surface area (Å²) in [6.45, 7) is 0. The predicted molar refractivity (Wildman–Crippen MR) is 75.2 cm³/mol. The summed E-state index contributed by atoms with van der Waals surface area (Å²) in [6.07, 6.45) is 15.6. The number of rotatable bonds is 0. The van der Waals surface area contributed by atoms with E-state index in [-0.39, 0.29) is 17.4 Å². The molecule has 0 N–H and O–H groups in total. The van der Waals surface area contributed by atoms with E-state index in [9.17, 15) is 15.3 Å². The average Bonchev–Trinajstić information content (AvgIpc) is 2.51. The van der Waals surface area contributed by atoms with Crippen molar-refractivity contribution in [1.82, 2.24) is 0 Å². The van der Waals surface area contributed by atoms with E-state index in [2.05, 4.69) is 14.2 Å². The minimum Gasteiger partial charge on any atom is -0.818 e. The van der Waals surface area contributed by atoms with Crippen molar-refractivity contribution in [3.05, 3.63) is 73.5 Å². The van der Waals surface area contributed by atoms with Gasteiger partial charge in [0.15, 0.2) is 0 Å². The molecule has 0 saturated carbocycles. The van der Waals surface area contributed by atoms with Crippen molar-refractivity contribution in [2.24, 2.45) is 0 Å². The molecule has 0 fully saturated rings. The molecular formula is C15H15AlO6. The summed E-state index contributed by atoms with van der Waals surface area (Å²) in [5, 5.41) is 30.6. The van der Waals surface area contributed by atoms with Crippen LogP contribution in [0.5, 0.6) is 0 Å². The molecule has 0 radical (unpaired) electrons. The van der Waals surface area contributed by atoms with Gasteiger partial charge in [-0.1, -0.05) is 36.5 Å². The first-order valence-electron chi connectivity index (χ1n) is 6.12. The second kappa shape index (κ2) is 13.0. The maximum Gasteiger partial charge on any atom is 3.00 e. The quantitative estimate of drug-likeness (QED) is 0.528. The first-order chi connectivity index (χ1) is 10.2. The fourth-order valence-corrected chi connectivity index (χ4v) is 1.11. The van der Waals surface area contributed by atoms with Gasteiger partial charge in [-0.3, -0.25) is 0 Å². The van der Waals surface area contributed by atoms with Crippen molar-refractivity contribution in [3.8, 4) is 0 Å². The first-order valence-corrected chi connectivity index (χ1v) is 6.12. The van der Waals surface area contributed by atoms with Crippen molar-refractivity contribution < 1.29 is 29.5 Å². The van der Waals surface area contributed by atoms with Crippen LogP contribution in [-0.2, 0) is 14.2 Å². The van der Waals surface area contributed by atoms with Gasteiger partial charge in [0.2, 0.25) is 0 Å². The molecule has 0 aliphatic carbocycles. The largest absolute Gasteiger partial charge is 3.00 e. The molecule has 3 aliphatic heterocycles. The zero-order chi connectivity index (χ0) is 15.3. The van der Waals surface area contributed by atoms with Gasteiger partial charge in [-0.25, -0.2) is 0 Å². The summed E-state index contributed by atoms with van der Waals surface area (Å²) in [7, 11) is 0. The summed E-state index contributed by atoms with van der Waals surface area (Å²) >= 11 is 0. The van der Waals surface area contributed by atoms with E-state index in [1.807, 2.05) is 0 Å². The van der Waals surface area contributed by atoms with E-state index in [0.717, 1.165) is 0 Å². The normalized spacial score (nSPS) is 26.0. The van der Waals surface area contributed by atoms with Crippen LogP contribution in [-0.4, -0.2) is 36.2 Å². The van der Waals surface area contributed by atoms with Gasteiger partial charge in [-0.15, -0.1) is 0 Å². The monoisotopic (exact) mass is 318 g/mol. The van der Waals surface area contributed by atoms with Gasteiger partial charge >= 0.3 is 17.4 Å². The van der Waals surface area contributed by atoms with Crippen LogP contribution in [0.1, 0.15) is 0 Å². The Morgan fingerprint density at radius 3 is 0.864 bits per heavy atom. The van der Waals surface area contributed by atoms with Gasteiger partial charge in [-0.05, 0) is 18.2 Å². The van der Waals surface area contributed by atoms with Crippen LogP contribution in [0, 0.1) is 0 Å². The Bertz CT molecular complexity index is 386. The minimum absolute atomic E-state index is 0. The third kappa shape index (κ3) is 11.0. The van der Waals surface area contributed by atoms with Crippen LogP contribution >= 0.6 is 0 Å². The molecule has 0 saturated heterocycles. The molecule has 0 bridgehead atoms. The molecule has 3 atom stereocenters. The van der Waals surface area contributed by atoms with Crippen molar-refractivity contribution in [3.63, 3.8) is 0 Å². The topological polar surface area (TPSA) is 96.9 Å². The minimum atomic E-state index is -0.981. The molecule has 7 heteroatoms. The molecule has 0 aromatic heterocycles. The Balaban J connectivity index is 0.000000294. The van der Waals surface area contributed by atoms with E-state index < -0.39 is 18.9 Å². The van der Waals surface area contributed by atoms with Gasteiger partial charge in [0.05, 0.1) is 18.8 Å². The summed E-state index contributed by atoms with van der Waals surface area (Å²) in [4.78, 5) is 0. The van der Waals surface area contributed by atoms with Crippen molar-refractivity contribution in [2.45, 2.75) is 18.9 Å². The molecule has 114 valence electrons. The second-order valence-electron chi connectivity index (χ2n) is 3.65. The fraction of sp³-hybridized carbons (Fsp3) is 0.200. The molecule has 3 rings (SSSR count). The van der Waals surface area contributed by atoms with Crippen LogP contribution in [0.3, 0.4) is 0 Å². The van der Waals surface area contributed by atoms with E-state index in [4.69, 9.17) is 0 Å². The summed E-state index contributed by atoms with van der Waals surface area (Å²) in [5.74, 6) is 0. The fourth-order valence-electron chi connectivity index (χ4n) is 1.11. The third-order valence-corrected chi connectivity index (χ3v) is 2.01. The molecule has 6 nitrogen and oxygen atoms in total. The standard InChI is InChI=1S/3C5H5O2.Al/c3*6-5-3-1-2-4-7-5;/h3*1-5H;/q3*-1;+3. The van der Waals surface area contributed by atoms with Crippen LogP contribution in [0.4, 0.5) is 0 Å². The first kappa shape index (κ1) is 20.3. The average molecular weight is 318 g/mol. The van der Waals surface area contributed by atoms with E-state index >= 15 is 0 Å². The molecule has 3 heterocycles. The predicted octanol–water partition coefficient (Wildman–Crippen LogP) is -1.06. The van der Waals surface area contributed by atoms with Gasteiger partial charge in [0.25, 0.3) is 0 Å². The molecule has 3 aliphatic rings. The second-order valence-corrected chi connectivity index (χ2v) is 3.65. The molecule has 3 unspecified atom stereocenters. The van der Waals surface area contributed by atoms with Crippen molar-refractivity contribution >= 4 is 17.4 Å². The van der Waals surface area contributed by atoms with Gasteiger partial charge in [0.1, 0.15) is 0 Å². The Morgan fingerprint density at radius 2 is 0.773 bits per heavy atom. The number of hydrogen-bond acceptors (Lipinski definition) is 6. The molecule has 22 heavy (non-hydrogen) atoms. The van der Waals surface area contributed by atoms with Crippen LogP contribution in [0.25, 0.3) is 0 Å². The summed E-state index contributed by atoms with van der Waals surface area (Å²) in [5.41, 5.74) is 0. The number of ether oxygens (including phenoxy) is 3. The molecule has 0 aromatic rings. The van der Waals surface area contributed by atoms with Gasteiger partial charge in [0, 0.05) is 18.9 Å². The maximum absolute atomic E-state index is 10.2. The number of allylic oxidation sites excluding steroid dienone is 6. The SMILES string of the molecule is [Al+3].[O-]C1C=CC=CO1.[O-]C1C=CC=CO1.[O-]C1C=CC=CO1. The van der Waals surface area contributed by atoms with Crippen LogP contribution < -0.4 is 15.3 Å². The van der Waals surface area contributed by atoms with E-state index in [1.54, 1.807) is 36.5 Å². The molecule has 0 amide bonds. The van der Waals surface area contributed by atoms with Gasteiger partial charge < -0.3 is 29.5 Å². The summed E-state index contributed by atoms with van der Waals surface area (Å²) < 4.78 is 13.4. The zero-order valence-electron chi connectivity index (χ0n) is 11.7. The van der Waals surface area contributed by atoms with Crippen LogP contribution in [0.2, 0.25) is 0 Å². The Kier molecular flexibility index (Phi) is 11.9. The molecule has 0 spiro atoms. The van der Waals surface area contributed by atoms with Crippen molar-refractivity contribution in [1.29, 1.82) is 0 Å². The van der Waals surface area contributed by atoms with Crippen molar-refractivity contribution in [2.75, 3.05) is 0 Å². The van der Waals surface area contributed by atoms with E-state index in [0.29, 0.717) is 0 Å². The smallest absolute Gasteiger partial charge is 0.818 e. The molecule has 0 aromatic carbocycles. The zero-order valence-corrected chi connectivity index (χ0v) is 12.8. The Labute approximate surface area is 139 Å². The van der Waals surface area contributed by atoms with Gasteiger partial charge in [-0.2, -0.15) is 0 Å². The third-order valence-electron chi connectivity index (χ3n) is 2.01. The van der Waals surface area contributed by atoms with Crippen LogP contribution in [0.15, 0.2) is 73.5 Å². The van der Waals surface area contributed by atoms with E-state index in [1.165, 1.54) is 37.0 Å². The Morgan fingerprint density at radius 1 is 0.500 bits per heavy atom. The molecular weight excluding hydrogens is 303 g/mol.